The third-order valence-corrected chi connectivity index (χ3v) is 3.43. The van der Waals surface area contributed by atoms with Crippen molar-refractivity contribution in [1.29, 1.82) is 0 Å². The van der Waals surface area contributed by atoms with Crippen LogP contribution in [0.15, 0.2) is 57.7 Å². The lowest BCUT2D eigenvalue weighted by atomic mass is 9.99. The molecule has 0 amide bonds. The fourth-order valence-corrected chi connectivity index (χ4v) is 2.50. The largest absolute Gasteiger partial charge is 0.496 e. The maximum absolute atomic E-state index is 12.2. The highest BCUT2D eigenvalue weighted by Gasteiger charge is 2.15. The summed E-state index contributed by atoms with van der Waals surface area (Å²) in [6.45, 7) is 1.92. The van der Waals surface area contributed by atoms with Gasteiger partial charge < -0.3 is 9.15 Å². The molecular formula is C17H14O3. The van der Waals surface area contributed by atoms with E-state index in [1.165, 1.54) is 0 Å². The first-order valence-electron chi connectivity index (χ1n) is 6.38. The Bertz CT molecular complexity index is 817. The van der Waals surface area contributed by atoms with Crippen LogP contribution in [0, 0.1) is 6.92 Å². The number of hydrogen-bond donors (Lipinski definition) is 0. The second-order valence-corrected chi connectivity index (χ2v) is 4.59. The molecule has 0 bridgehead atoms. The summed E-state index contributed by atoms with van der Waals surface area (Å²) >= 11 is 0. The Morgan fingerprint density at radius 2 is 1.75 bits per heavy atom. The number of benzene rings is 2. The maximum Gasteiger partial charge on any atom is 0.344 e. The highest BCUT2D eigenvalue weighted by atomic mass is 16.5. The van der Waals surface area contributed by atoms with Crippen molar-refractivity contribution in [3.63, 3.8) is 0 Å². The molecule has 3 nitrogen and oxygen atoms in total. The first-order chi connectivity index (χ1) is 9.72. The van der Waals surface area contributed by atoms with Gasteiger partial charge in [-0.3, -0.25) is 0 Å². The van der Waals surface area contributed by atoms with Crippen LogP contribution in [0.1, 0.15) is 5.56 Å². The van der Waals surface area contributed by atoms with E-state index >= 15 is 0 Å². The van der Waals surface area contributed by atoms with E-state index < -0.39 is 0 Å². The Balaban J connectivity index is 2.43. The Kier molecular flexibility index (Phi) is 3.03. The zero-order chi connectivity index (χ0) is 14.1. The molecule has 3 rings (SSSR count). The summed E-state index contributed by atoms with van der Waals surface area (Å²) in [5.41, 5.74) is 2.54. The van der Waals surface area contributed by atoms with Crippen LogP contribution in [-0.4, -0.2) is 7.11 Å². The summed E-state index contributed by atoms with van der Waals surface area (Å²) in [5.74, 6) is 0.709. The fraction of sp³-hybridized carbons (Fsp3) is 0.118. The van der Waals surface area contributed by atoms with Gasteiger partial charge in [-0.25, -0.2) is 4.79 Å². The van der Waals surface area contributed by atoms with Crippen LogP contribution in [0.2, 0.25) is 0 Å². The minimum Gasteiger partial charge on any atom is -0.496 e. The van der Waals surface area contributed by atoms with Gasteiger partial charge in [0.2, 0.25) is 0 Å². The van der Waals surface area contributed by atoms with Crippen LogP contribution < -0.4 is 10.4 Å². The average Bonchev–Trinajstić information content (AvgIpc) is 2.47. The van der Waals surface area contributed by atoms with E-state index in [-0.39, 0.29) is 5.63 Å². The number of rotatable bonds is 2. The highest BCUT2D eigenvalue weighted by Crippen LogP contribution is 2.32. The molecule has 0 aliphatic rings. The standard InChI is InChI=1S/C17H14O3/c1-11-15(12-7-4-3-5-8-12)17(18)20-14-10-6-9-13(19-2)16(11)14/h3-10H,1-2H3. The molecule has 0 N–H and O–H groups in total. The fourth-order valence-electron chi connectivity index (χ4n) is 2.50. The molecule has 100 valence electrons. The van der Waals surface area contributed by atoms with Crippen LogP contribution in [0.25, 0.3) is 22.1 Å². The Hall–Kier alpha value is -2.55. The van der Waals surface area contributed by atoms with Crippen molar-refractivity contribution in [2.24, 2.45) is 0 Å². The number of methoxy groups -OCH3 is 1. The molecule has 0 aliphatic carbocycles. The van der Waals surface area contributed by atoms with Crippen LogP contribution >= 0.6 is 0 Å². The molecule has 0 fully saturated rings. The van der Waals surface area contributed by atoms with Gasteiger partial charge in [0, 0.05) is 0 Å². The summed E-state index contributed by atoms with van der Waals surface area (Å²) in [6, 6.07) is 15.0. The number of hydrogen-bond acceptors (Lipinski definition) is 3. The molecule has 0 spiro atoms. The number of fused-ring (bicyclic) bond motifs is 1. The second kappa shape index (κ2) is 4.85. The third kappa shape index (κ3) is 1.88. The van der Waals surface area contributed by atoms with Gasteiger partial charge in [0.15, 0.2) is 0 Å². The van der Waals surface area contributed by atoms with Crippen molar-refractivity contribution in [1.82, 2.24) is 0 Å². The van der Waals surface area contributed by atoms with E-state index in [2.05, 4.69) is 0 Å². The Labute approximate surface area is 116 Å². The molecule has 3 heteroatoms. The third-order valence-electron chi connectivity index (χ3n) is 3.43. The van der Waals surface area contributed by atoms with E-state index in [9.17, 15) is 4.79 Å². The summed E-state index contributed by atoms with van der Waals surface area (Å²) in [4.78, 5) is 12.2. The molecule has 3 aromatic rings. The molecule has 0 saturated heterocycles. The second-order valence-electron chi connectivity index (χ2n) is 4.59. The van der Waals surface area contributed by atoms with E-state index in [4.69, 9.17) is 9.15 Å². The van der Waals surface area contributed by atoms with Gasteiger partial charge in [-0.15, -0.1) is 0 Å². The Morgan fingerprint density at radius 3 is 2.45 bits per heavy atom. The van der Waals surface area contributed by atoms with E-state index in [0.29, 0.717) is 16.9 Å². The van der Waals surface area contributed by atoms with Crippen LogP contribution in [0.4, 0.5) is 0 Å². The van der Waals surface area contributed by atoms with Crippen molar-refractivity contribution < 1.29 is 9.15 Å². The van der Waals surface area contributed by atoms with Crippen molar-refractivity contribution in [3.05, 3.63) is 64.5 Å². The van der Waals surface area contributed by atoms with Gasteiger partial charge in [0.05, 0.1) is 18.1 Å². The number of ether oxygens (including phenoxy) is 1. The Morgan fingerprint density at radius 1 is 1.00 bits per heavy atom. The smallest absolute Gasteiger partial charge is 0.344 e. The lowest BCUT2D eigenvalue weighted by Crippen LogP contribution is -2.06. The maximum atomic E-state index is 12.2. The normalized spacial score (nSPS) is 10.7. The molecule has 0 radical (unpaired) electrons. The monoisotopic (exact) mass is 266 g/mol. The lowest BCUT2D eigenvalue weighted by molar-refractivity contribution is 0.418. The van der Waals surface area contributed by atoms with E-state index in [1.54, 1.807) is 13.2 Å². The molecule has 0 unspecified atom stereocenters. The van der Waals surface area contributed by atoms with E-state index in [0.717, 1.165) is 16.5 Å². The van der Waals surface area contributed by atoms with Crippen LogP contribution in [0.3, 0.4) is 0 Å². The van der Waals surface area contributed by atoms with Crippen molar-refractivity contribution in [2.45, 2.75) is 6.92 Å². The zero-order valence-electron chi connectivity index (χ0n) is 11.3. The van der Waals surface area contributed by atoms with Crippen LogP contribution in [-0.2, 0) is 0 Å². The van der Waals surface area contributed by atoms with E-state index in [1.807, 2.05) is 49.4 Å². The van der Waals surface area contributed by atoms with Crippen molar-refractivity contribution in [2.75, 3.05) is 7.11 Å². The predicted molar refractivity (Wildman–Crippen MR) is 79.2 cm³/mol. The summed E-state index contributed by atoms with van der Waals surface area (Å²) in [5, 5.41) is 0.841. The van der Waals surface area contributed by atoms with Gasteiger partial charge in [0.25, 0.3) is 0 Å². The molecule has 1 heterocycles. The van der Waals surface area contributed by atoms with Crippen molar-refractivity contribution >= 4 is 11.0 Å². The topological polar surface area (TPSA) is 39.4 Å². The average molecular weight is 266 g/mol. The SMILES string of the molecule is COc1cccc2oc(=O)c(-c3ccccc3)c(C)c12. The summed E-state index contributed by atoms with van der Waals surface area (Å²) in [6.07, 6.45) is 0. The van der Waals surface area contributed by atoms with Gasteiger partial charge in [0.1, 0.15) is 11.3 Å². The number of aryl methyl sites for hydroxylation is 1. The molecule has 20 heavy (non-hydrogen) atoms. The minimum atomic E-state index is -0.325. The van der Waals surface area contributed by atoms with Gasteiger partial charge in [-0.05, 0) is 30.2 Å². The molecule has 0 atom stereocenters. The summed E-state index contributed by atoms with van der Waals surface area (Å²) < 4.78 is 10.8. The molecular weight excluding hydrogens is 252 g/mol. The van der Waals surface area contributed by atoms with Crippen molar-refractivity contribution in [3.8, 4) is 16.9 Å². The minimum absolute atomic E-state index is 0.325. The van der Waals surface area contributed by atoms with Crippen LogP contribution in [0.5, 0.6) is 5.75 Å². The molecule has 2 aromatic carbocycles. The first kappa shape index (κ1) is 12.5. The zero-order valence-corrected chi connectivity index (χ0v) is 11.3. The summed E-state index contributed by atoms with van der Waals surface area (Å²) in [7, 11) is 1.61. The molecule has 0 saturated carbocycles. The lowest BCUT2D eigenvalue weighted by Gasteiger charge is -2.10. The molecule has 0 aliphatic heterocycles. The quantitative estimate of drug-likeness (QED) is 0.663. The first-order valence-corrected chi connectivity index (χ1v) is 6.38. The molecule has 1 aromatic heterocycles. The van der Waals surface area contributed by atoms with Gasteiger partial charge in [-0.1, -0.05) is 36.4 Å². The van der Waals surface area contributed by atoms with Gasteiger partial charge in [-0.2, -0.15) is 0 Å². The van der Waals surface area contributed by atoms with Gasteiger partial charge >= 0.3 is 5.63 Å². The highest BCUT2D eigenvalue weighted by molar-refractivity contribution is 5.91. The predicted octanol–water partition coefficient (Wildman–Crippen LogP) is 3.78.